The predicted octanol–water partition coefficient (Wildman–Crippen LogP) is 2.87. The van der Waals surface area contributed by atoms with Crippen LogP contribution in [0, 0.1) is 0 Å². The molecule has 0 bridgehead atoms. The van der Waals surface area contributed by atoms with Crippen LogP contribution in [0.5, 0.6) is 0 Å². The van der Waals surface area contributed by atoms with Crippen molar-refractivity contribution in [1.29, 1.82) is 0 Å². The third kappa shape index (κ3) is 2.42. The van der Waals surface area contributed by atoms with Gasteiger partial charge in [0.15, 0.2) is 0 Å². The third-order valence-corrected chi connectivity index (χ3v) is 2.51. The number of halogens is 3. The second-order valence-electron chi connectivity index (χ2n) is 3.73. The van der Waals surface area contributed by atoms with Gasteiger partial charge in [-0.3, -0.25) is 0 Å². The molecule has 0 spiro atoms. The minimum Gasteiger partial charge on any atom is -0.477 e. The van der Waals surface area contributed by atoms with Gasteiger partial charge in [-0.1, -0.05) is 12.1 Å². The van der Waals surface area contributed by atoms with Crippen molar-refractivity contribution in [3.63, 3.8) is 0 Å². The molecule has 0 atom stereocenters. The molecule has 0 amide bonds. The van der Waals surface area contributed by atoms with E-state index in [1.807, 2.05) is 0 Å². The van der Waals surface area contributed by atoms with Crippen molar-refractivity contribution in [2.45, 2.75) is 12.6 Å². The zero-order chi connectivity index (χ0) is 13.3. The number of aliphatic imine (C=N–C) groups is 1. The Hall–Kier alpha value is -2.11. The topological polar surface area (TPSA) is 49.7 Å². The van der Waals surface area contributed by atoms with Crippen molar-refractivity contribution < 1.29 is 23.1 Å². The van der Waals surface area contributed by atoms with Crippen molar-refractivity contribution in [3.8, 4) is 0 Å². The van der Waals surface area contributed by atoms with E-state index >= 15 is 0 Å². The maximum Gasteiger partial charge on any atom is 0.416 e. The van der Waals surface area contributed by atoms with Gasteiger partial charge in [-0.05, 0) is 23.8 Å². The molecular formula is C12H8F3NO2. The van der Waals surface area contributed by atoms with Crippen LogP contribution in [0.15, 0.2) is 41.0 Å². The van der Waals surface area contributed by atoms with Crippen LogP contribution in [0.4, 0.5) is 13.2 Å². The first-order chi connectivity index (χ1) is 8.38. The van der Waals surface area contributed by atoms with Crippen LogP contribution in [-0.2, 0) is 11.0 Å². The molecule has 0 radical (unpaired) electrons. The smallest absolute Gasteiger partial charge is 0.416 e. The quantitative estimate of drug-likeness (QED) is 0.883. The van der Waals surface area contributed by atoms with Gasteiger partial charge in [0.1, 0.15) is 5.70 Å². The molecule has 0 aromatic heterocycles. The highest BCUT2D eigenvalue weighted by molar-refractivity contribution is 6.07. The maximum atomic E-state index is 12.3. The van der Waals surface area contributed by atoms with Crippen LogP contribution >= 0.6 is 0 Å². The molecule has 1 aliphatic rings. The van der Waals surface area contributed by atoms with E-state index in [0.717, 1.165) is 12.1 Å². The summed E-state index contributed by atoms with van der Waals surface area (Å²) in [6.45, 7) is 0. The number of hydrogen-bond donors (Lipinski definition) is 1. The standard InChI is InChI=1S/C12H8F3NO2/c13-12(14,15)8-3-1-7(2-4-8)9-5-6-10(16-9)11(17)18/h1-4,6H,5H2,(H,17,18). The average Bonchev–Trinajstić information content (AvgIpc) is 2.77. The van der Waals surface area contributed by atoms with E-state index in [4.69, 9.17) is 5.11 Å². The number of carboxylic acid groups (broad SMARTS) is 1. The van der Waals surface area contributed by atoms with E-state index in [9.17, 15) is 18.0 Å². The summed E-state index contributed by atoms with van der Waals surface area (Å²) in [5.74, 6) is -1.14. The van der Waals surface area contributed by atoms with Gasteiger partial charge in [0.2, 0.25) is 0 Å². The van der Waals surface area contributed by atoms with Crippen LogP contribution in [0.2, 0.25) is 0 Å². The van der Waals surface area contributed by atoms with Crippen molar-refractivity contribution in [2.75, 3.05) is 0 Å². The predicted molar refractivity (Wildman–Crippen MR) is 58.3 cm³/mol. The minimum atomic E-state index is -4.37. The van der Waals surface area contributed by atoms with Crippen LogP contribution in [0.25, 0.3) is 0 Å². The molecule has 1 heterocycles. The number of hydrogen-bond acceptors (Lipinski definition) is 2. The Morgan fingerprint density at radius 2 is 1.83 bits per heavy atom. The van der Waals surface area contributed by atoms with Gasteiger partial charge in [0.05, 0.1) is 11.3 Å². The van der Waals surface area contributed by atoms with E-state index in [2.05, 4.69) is 4.99 Å². The number of carbonyl (C=O) groups is 1. The highest BCUT2D eigenvalue weighted by Gasteiger charge is 2.30. The largest absolute Gasteiger partial charge is 0.477 e. The molecule has 0 aliphatic carbocycles. The molecule has 2 rings (SSSR count). The van der Waals surface area contributed by atoms with Gasteiger partial charge in [-0.2, -0.15) is 13.2 Å². The molecule has 94 valence electrons. The molecule has 3 nitrogen and oxygen atoms in total. The summed E-state index contributed by atoms with van der Waals surface area (Å²) in [7, 11) is 0. The monoisotopic (exact) mass is 255 g/mol. The minimum absolute atomic E-state index is 0.0788. The van der Waals surface area contributed by atoms with Gasteiger partial charge in [-0.15, -0.1) is 0 Å². The van der Waals surface area contributed by atoms with E-state index < -0.39 is 17.7 Å². The van der Waals surface area contributed by atoms with E-state index in [1.54, 1.807) is 0 Å². The van der Waals surface area contributed by atoms with E-state index in [-0.39, 0.29) is 5.70 Å². The fourth-order valence-electron chi connectivity index (χ4n) is 1.60. The van der Waals surface area contributed by atoms with Crippen LogP contribution in [0.1, 0.15) is 17.5 Å². The zero-order valence-corrected chi connectivity index (χ0v) is 9.03. The molecule has 0 unspecified atom stereocenters. The summed E-state index contributed by atoms with van der Waals surface area (Å²) in [6.07, 6.45) is -2.64. The molecule has 0 saturated carbocycles. The Labute approximate surface area is 100 Å². The highest BCUT2D eigenvalue weighted by atomic mass is 19.4. The molecule has 18 heavy (non-hydrogen) atoms. The Bertz CT molecular complexity index is 541. The summed E-state index contributed by atoms with van der Waals surface area (Å²) in [4.78, 5) is 14.5. The first kappa shape index (κ1) is 12.3. The van der Waals surface area contributed by atoms with Crippen LogP contribution in [-0.4, -0.2) is 16.8 Å². The summed E-state index contributed by atoms with van der Waals surface area (Å²) < 4.78 is 37.0. The van der Waals surface area contributed by atoms with Crippen LogP contribution < -0.4 is 0 Å². The number of allylic oxidation sites excluding steroid dienone is 1. The van der Waals surface area contributed by atoms with Gasteiger partial charge >= 0.3 is 12.1 Å². The second-order valence-corrected chi connectivity index (χ2v) is 3.73. The number of alkyl halides is 3. The Balaban J connectivity index is 2.23. The molecule has 1 N–H and O–H groups in total. The molecular weight excluding hydrogens is 247 g/mol. The Morgan fingerprint density at radius 3 is 2.28 bits per heavy atom. The lowest BCUT2D eigenvalue weighted by atomic mass is 10.1. The lowest BCUT2D eigenvalue weighted by Crippen LogP contribution is -2.05. The fraction of sp³-hybridized carbons (Fsp3) is 0.167. The number of nitrogens with zero attached hydrogens (tertiary/aromatic N) is 1. The summed E-state index contributed by atoms with van der Waals surface area (Å²) in [5.41, 5.74) is 0.137. The maximum absolute atomic E-state index is 12.3. The number of carboxylic acids is 1. The van der Waals surface area contributed by atoms with Gasteiger partial charge in [0, 0.05) is 6.42 Å². The second kappa shape index (κ2) is 4.29. The number of benzene rings is 1. The Kier molecular flexibility index (Phi) is 2.94. The SMILES string of the molecule is O=C(O)C1=CCC(c2ccc(C(F)(F)F)cc2)=N1. The number of aliphatic carboxylic acids is 1. The summed E-state index contributed by atoms with van der Waals surface area (Å²) >= 11 is 0. The van der Waals surface area contributed by atoms with Crippen molar-refractivity contribution in [1.82, 2.24) is 0 Å². The molecule has 0 saturated heterocycles. The highest BCUT2D eigenvalue weighted by Crippen LogP contribution is 2.29. The molecule has 0 fully saturated rings. The zero-order valence-electron chi connectivity index (χ0n) is 9.03. The lowest BCUT2D eigenvalue weighted by molar-refractivity contribution is -0.137. The normalized spacial score (nSPS) is 15.3. The first-order valence-corrected chi connectivity index (χ1v) is 5.06. The van der Waals surface area contributed by atoms with E-state index in [0.29, 0.717) is 17.7 Å². The van der Waals surface area contributed by atoms with Gasteiger partial charge < -0.3 is 5.11 Å². The average molecular weight is 255 g/mol. The Morgan fingerprint density at radius 1 is 1.22 bits per heavy atom. The third-order valence-electron chi connectivity index (χ3n) is 2.51. The van der Waals surface area contributed by atoms with Crippen molar-refractivity contribution in [2.24, 2.45) is 4.99 Å². The molecule has 1 aliphatic heterocycles. The summed E-state index contributed by atoms with van der Waals surface area (Å²) in [5, 5.41) is 8.70. The molecule has 6 heteroatoms. The first-order valence-electron chi connectivity index (χ1n) is 5.06. The number of rotatable bonds is 2. The van der Waals surface area contributed by atoms with Crippen molar-refractivity contribution >= 4 is 11.7 Å². The van der Waals surface area contributed by atoms with E-state index in [1.165, 1.54) is 18.2 Å². The van der Waals surface area contributed by atoms with Crippen LogP contribution in [0.3, 0.4) is 0 Å². The van der Waals surface area contributed by atoms with Gasteiger partial charge in [-0.25, -0.2) is 9.79 Å². The fourth-order valence-corrected chi connectivity index (χ4v) is 1.60. The molecule has 1 aromatic carbocycles. The van der Waals surface area contributed by atoms with Gasteiger partial charge in [0.25, 0.3) is 0 Å². The van der Waals surface area contributed by atoms with Crippen molar-refractivity contribution in [3.05, 3.63) is 47.2 Å². The molecule has 1 aromatic rings. The lowest BCUT2D eigenvalue weighted by Gasteiger charge is -2.07. The summed E-state index contributed by atoms with van der Waals surface area (Å²) in [6, 6.07) is 4.49.